The molecule has 1 aliphatic rings. The van der Waals surface area contributed by atoms with Crippen molar-refractivity contribution < 1.29 is 18.7 Å². The van der Waals surface area contributed by atoms with Crippen LogP contribution in [0.15, 0.2) is 54.7 Å². The molecule has 45 heavy (non-hydrogen) atoms. The van der Waals surface area contributed by atoms with Crippen LogP contribution in [0.25, 0.3) is 38.7 Å². The number of likely N-dealkylation sites (N-methyl/N-ethyl adjacent to an activating group) is 1. The lowest BCUT2D eigenvalue weighted by Crippen LogP contribution is -2.49. The number of aliphatic hydroxyl groups is 1. The second-order valence-corrected chi connectivity index (χ2v) is 12.6. The molecule has 1 fully saturated rings. The molecule has 1 amide bonds. The number of nitrogens with zero attached hydrogens (tertiary/aromatic N) is 6. The van der Waals surface area contributed by atoms with Crippen molar-refractivity contribution in [2.24, 2.45) is 0 Å². The van der Waals surface area contributed by atoms with Crippen LogP contribution in [0.2, 0.25) is 0 Å². The molecule has 6 rings (SSSR count). The minimum atomic E-state index is -0.352. The molecule has 5 aromatic rings. The number of pyridine rings is 1. The summed E-state index contributed by atoms with van der Waals surface area (Å²) in [5.74, 6) is -0.604. The summed E-state index contributed by atoms with van der Waals surface area (Å²) in [5, 5.41) is 10.6. The van der Waals surface area contributed by atoms with Crippen LogP contribution in [-0.4, -0.2) is 82.0 Å². The average Bonchev–Trinajstić information content (AvgIpc) is 3.64. The summed E-state index contributed by atoms with van der Waals surface area (Å²) in [5.41, 5.74) is 6.10. The minimum absolute atomic E-state index is 0.0976. The Labute approximate surface area is 265 Å². The third kappa shape index (κ3) is 5.95. The van der Waals surface area contributed by atoms with Crippen molar-refractivity contribution in [3.05, 3.63) is 82.5 Å². The number of piperazine rings is 1. The third-order valence-corrected chi connectivity index (χ3v) is 9.51. The molecule has 0 saturated carbocycles. The Morgan fingerprint density at radius 3 is 2.36 bits per heavy atom. The zero-order valence-corrected chi connectivity index (χ0v) is 26.7. The van der Waals surface area contributed by atoms with E-state index in [2.05, 4.69) is 15.9 Å². The number of hydrogen-bond donors (Lipinski definition) is 1. The monoisotopic (exact) mass is 630 g/mol. The van der Waals surface area contributed by atoms with Crippen LogP contribution in [-0.2, 0) is 17.8 Å². The number of rotatable bonds is 8. The number of aromatic nitrogens is 3. The zero-order valence-electron chi connectivity index (χ0n) is 25.8. The lowest BCUT2D eigenvalue weighted by Gasteiger charge is -2.36. The number of aliphatic hydroxyl groups excluding tert-OH is 1. The van der Waals surface area contributed by atoms with E-state index in [1.165, 1.54) is 23.5 Å². The molecule has 2 aromatic carbocycles. The fourth-order valence-electron chi connectivity index (χ4n) is 5.80. The summed E-state index contributed by atoms with van der Waals surface area (Å²) in [6.07, 6.45) is 2.67. The van der Waals surface area contributed by atoms with Crippen LogP contribution in [0, 0.1) is 18.6 Å². The number of hydrogen-bond acceptors (Lipinski definition) is 7. The molecule has 3 aromatic heterocycles. The first-order valence-electron chi connectivity index (χ1n) is 15.0. The first kappa shape index (κ1) is 30.8. The van der Waals surface area contributed by atoms with E-state index in [0.29, 0.717) is 50.8 Å². The number of thiazole rings is 1. The predicted molar refractivity (Wildman–Crippen MR) is 174 cm³/mol. The molecule has 0 radical (unpaired) electrons. The van der Waals surface area contributed by atoms with E-state index in [4.69, 9.17) is 9.97 Å². The number of imidazole rings is 1. The number of fused-ring (bicyclic) bond motifs is 1. The molecule has 8 nitrogen and oxygen atoms in total. The molecule has 0 aliphatic carbocycles. The van der Waals surface area contributed by atoms with Gasteiger partial charge in [0.1, 0.15) is 22.3 Å². The summed E-state index contributed by atoms with van der Waals surface area (Å²) in [6.45, 7) is 7.07. The lowest BCUT2D eigenvalue weighted by atomic mass is 10.0. The summed E-state index contributed by atoms with van der Waals surface area (Å²) in [7, 11) is 3.55. The second-order valence-electron chi connectivity index (χ2n) is 11.5. The van der Waals surface area contributed by atoms with E-state index in [9.17, 15) is 14.3 Å². The molecule has 0 bridgehead atoms. The molecule has 0 spiro atoms. The van der Waals surface area contributed by atoms with E-state index < -0.39 is 0 Å². The van der Waals surface area contributed by atoms with Crippen LogP contribution >= 0.6 is 11.3 Å². The van der Waals surface area contributed by atoms with Gasteiger partial charge in [0.2, 0.25) is 5.91 Å². The number of carbonyl (C=O) groups is 1. The first-order valence-corrected chi connectivity index (χ1v) is 15.8. The number of aryl methyl sites for hydroxylation is 1. The summed E-state index contributed by atoms with van der Waals surface area (Å²) in [6, 6.07) is 13.7. The predicted octanol–water partition coefficient (Wildman–Crippen LogP) is 5.64. The number of halogens is 2. The Kier molecular flexibility index (Phi) is 8.67. The molecule has 1 aliphatic heterocycles. The fraction of sp³-hybridized carbons (Fsp3) is 0.324. The van der Waals surface area contributed by atoms with Crippen molar-refractivity contribution in [3.8, 4) is 33.1 Å². The van der Waals surface area contributed by atoms with Crippen molar-refractivity contribution in [2.45, 2.75) is 26.9 Å². The Balaban J connectivity index is 1.33. The highest BCUT2D eigenvalue weighted by atomic mass is 32.1. The Morgan fingerprint density at radius 2 is 1.69 bits per heavy atom. The molecule has 4 heterocycles. The van der Waals surface area contributed by atoms with Crippen LogP contribution in [0.5, 0.6) is 0 Å². The highest BCUT2D eigenvalue weighted by Crippen LogP contribution is 2.39. The maximum absolute atomic E-state index is 16.4. The van der Waals surface area contributed by atoms with E-state index in [-0.39, 0.29) is 24.1 Å². The maximum Gasteiger partial charge on any atom is 0.236 e. The second kappa shape index (κ2) is 12.7. The van der Waals surface area contributed by atoms with Crippen LogP contribution < -0.4 is 4.90 Å². The SMILES string of the molecule is CCc1nc2ccc(N3CCN(CC(=O)N(C)C)CC3)cn2c1-c1ccc(-c2nc(-c3ccc(F)cc3)c(CO)s2)c(C)c1F. The zero-order chi connectivity index (χ0) is 31.8. The summed E-state index contributed by atoms with van der Waals surface area (Å²) >= 11 is 1.30. The van der Waals surface area contributed by atoms with E-state index >= 15 is 4.39 Å². The van der Waals surface area contributed by atoms with Gasteiger partial charge in [-0.1, -0.05) is 13.0 Å². The van der Waals surface area contributed by atoms with Crippen molar-refractivity contribution >= 4 is 28.6 Å². The maximum atomic E-state index is 16.4. The Morgan fingerprint density at radius 1 is 0.978 bits per heavy atom. The van der Waals surface area contributed by atoms with Gasteiger partial charge in [0.25, 0.3) is 0 Å². The lowest BCUT2D eigenvalue weighted by molar-refractivity contribution is -0.129. The van der Waals surface area contributed by atoms with Crippen LogP contribution in [0.4, 0.5) is 14.5 Å². The van der Waals surface area contributed by atoms with E-state index in [0.717, 1.165) is 48.9 Å². The number of anilines is 1. The summed E-state index contributed by atoms with van der Waals surface area (Å²) < 4.78 is 31.9. The number of carbonyl (C=O) groups excluding carboxylic acids is 1. The number of amides is 1. The van der Waals surface area contributed by atoms with Gasteiger partial charge in [0.05, 0.1) is 40.8 Å². The highest BCUT2D eigenvalue weighted by Gasteiger charge is 2.24. The van der Waals surface area contributed by atoms with Gasteiger partial charge >= 0.3 is 0 Å². The van der Waals surface area contributed by atoms with Gasteiger partial charge in [-0.15, -0.1) is 11.3 Å². The van der Waals surface area contributed by atoms with Gasteiger partial charge in [-0.3, -0.25) is 14.1 Å². The van der Waals surface area contributed by atoms with Gasteiger partial charge in [-0.05, 0) is 61.4 Å². The molecular weight excluding hydrogens is 594 g/mol. The number of benzene rings is 2. The van der Waals surface area contributed by atoms with E-state index in [1.54, 1.807) is 44.1 Å². The van der Waals surface area contributed by atoms with Crippen molar-refractivity contribution in [2.75, 3.05) is 51.7 Å². The first-order chi connectivity index (χ1) is 21.7. The topological polar surface area (TPSA) is 77.2 Å². The van der Waals surface area contributed by atoms with Crippen LogP contribution in [0.1, 0.15) is 23.1 Å². The van der Waals surface area contributed by atoms with Gasteiger partial charge in [-0.25, -0.2) is 18.7 Å². The van der Waals surface area contributed by atoms with Crippen molar-refractivity contribution in [3.63, 3.8) is 0 Å². The quantitative estimate of drug-likeness (QED) is 0.239. The molecule has 0 atom stereocenters. The molecular formula is C34H36F2N6O2S. The fourth-order valence-corrected chi connectivity index (χ4v) is 6.83. The van der Waals surface area contributed by atoms with Gasteiger partial charge < -0.3 is 14.9 Å². The average molecular weight is 631 g/mol. The molecule has 234 valence electrons. The summed E-state index contributed by atoms with van der Waals surface area (Å²) in [4.78, 5) is 28.5. The van der Waals surface area contributed by atoms with Crippen molar-refractivity contribution in [1.82, 2.24) is 24.2 Å². The molecule has 1 N–H and O–H groups in total. The minimum Gasteiger partial charge on any atom is -0.391 e. The Bertz CT molecular complexity index is 1860. The normalized spacial score (nSPS) is 14.0. The molecule has 0 unspecified atom stereocenters. The van der Waals surface area contributed by atoms with Crippen LogP contribution in [0.3, 0.4) is 0 Å². The Hall–Kier alpha value is -4.19. The van der Waals surface area contributed by atoms with Gasteiger partial charge in [0, 0.05) is 63.2 Å². The highest BCUT2D eigenvalue weighted by molar-refractivity contribution is 7.15. The van der Waals surface area contributed by atoms with Gasteiger partial charge in [-0.2, -0.15) is 0 Å². The van der Waals surface area contributed by atoms with Crippen molar-refractivity contribution in [1.29, 1.82) is 0 Å². The standard InChI is InChI=1S/C34H36F2N6O2S/c1-5-27-33(42-18-24(10-13-29(42)37-27)41-16-14-40(15-17-41)19-30(44)39(3)4)26-12-11-25(21(2)31(26)36)34-38-32(28(20-43)45-34)22-6-8-23(35)9-7-22/h6-13,18,43H,5,14-17,19-20H2,1-4H3. The smallest absolute Gasteiger partial charge is 0.236 e. The van der Waals surface area contributed by atoms with Gasteiger partial charge in [0.15, 0.2) is 0 Å². The third-order valence-electron chi connectivity index (χ3n) is 8.44. The largest absolute Gasteiger partial charge is 0.391 e. The van der Waals surface area contributed by atoms with E-state index in [1.807, 2.05) is 29.7 Å². The molecule has 11 heteroatoms. The molecule has 1 saturated heterocycles.